The molecule has 1 saturated heterocycles. The van der Waals surface area contributed by atoms with Gasteiger partial charge in [-0.05, 0) is 24.3 Å². The molecule has 1 heterocycles. The van der Waals surface area contributed by atoms with E-state index in [-0.39, 0.29) is 6.54 Å². The molecule has 1 atom stereocenters. The second-order valence-electron chi connectivity index (χ2n) is 4.92. The second-order valence-corrected chi connectivity index (χ2v) is 4.92. The van der Waals surface area contributed by atoms with Gasteiger partial charge in [0.2, 0.25) is 0 Å². The lowest BCUT2D eigenvalue weighted by Crippen LogP contribution is -2.34. The minimum absolute atomic E-state index is 0.0536. The van der Waals surface area contributed by atoms with E-state index in [9.17, 15) is 13.6 Å². The third kappa shape index (κ3) is 2.35. The lowest BCUT2D eigenvalue weighted by molar-refractivity contribution is 0.0323. The number of carbonyl (C=O) groups is 1. The third-order valence-electron chi connectivity index (χ3n) is 3.57. The number of anilines is 1. The normalized spacial score (nSPS) is 21.4. The molecule has 3 nitrogen and oxygen atoms in total. The lowest BCUT2D eigenvalue weighted by Gasteiger charge is -2.23. The van der Waals surface area contributed by atoms with E-state index >= 15 is 0 Å². The molecule has 0 spiro atoms. The number of halogens is 2. The second kappa shape index (κ2) is 5.16. The van der Waals surface area contributed by atoms with Gasteiger partial charge in [0.25, 0.3) is 0 Å². The smallest absolute Gasteiger partial charge is 0.415 e. The van der Waals surface area contributed by atoms with Crippen molar-refractivity contribution in [2.24, 2.45) is 0 Å². The standard InChI is InChI=1S/C16H13F2NO2/c17-10-16(12-6-8-13(18)9-7-12)11-19(15(20)21-16)14-4-2-1-3-5-14/h1-9H,10-11H2. The summed E-state index contributed by atoms with van der Waals surface area (Å²) in [6.07, 6.45) is -0.608. The summed E-state index contributed by atoms with van der Waals surface area (Å²) in [4.78, 5) is 13.4. The molecule has 2 aromatic rings. The van der Waals surface area contributed by atoms with Crippen LogP contribution in [0.4, 0.5) is 19.3 Å². The van der Waals surface area contributed by atoms with Crippen LogP contribution in [0.3, 0.4) is 0 Å². The molecule has 21 heavy (non-hydrogen) atoms. The first-order chi connectivity index (χ1) is 10.1. The number of para-hydroxylation sites is 1. The van der Waals surface area contributed by atoms with Crippen LogP contribution < -0.4 is 4.90 Å². The summed E-state index contributed by atoms with van der Waals surface area (Å²) >= 11 is 0. The molecule has 0 N–H and O–H groups in total. The zero-order valence-corrected chi connectivity index (χ0v) is 11.1. The topological polar surface area (TPSA) is 29.5 Å². The molecule has 0 saturated carbocycles. The van der Waals surface area contributed by atoms with E-state index in [1.165, 1.54) is 29.2 Å². The first-order valence-corrected chi connectivity index (χ1v) is 6.52. The minimum atomic E-state index is -1.39. The maximum Gasteiger partial charge on any atom is 0.415 e. The number of nitrogens with zero attached hydrogens (tertiary/aromatic N) is 1. The van der Waals surface area contributed by atoms with Gasteiger partial charge in [-0.3, -0.25) is 4.90 Å². The maximum atomic E-state index is 13.6. The number of amides is 1. The van der Waals surface area contributed by atoms with Gasteiger partial charge >= 0.3 is 6.09 Å². The number of carbonyl (C=O) groups excluding carboxylic acids is 1. The molecule has 0 aromatic heterocycles. The number of ether oxygens (including phenoxy) is 1. The molecule has 1 unspecified atom stereocenters. The fraction of sp³-hybridized carbons (Fsp3) is 0.188. The van der Waals surface area contributed by atoms with Gasteiger partial charge in [0.1, 0.15) is 12.5 Å². The Morgan fingerprint density at radius 1 is 1.10 bits per heavy atom. The van der Waals surface area contributed by atoms with Gasteiger partial charge in [-0.15, -0.1) is 0 Å². The predicted molar refractivity (Wildman–Crippen MR) is 74.3 cm³/mol. The Balaban J connectivity index is 1.95. The van der Waals surface area contributed by atoms with Crippen LogP contribution in [0.2, 0.25) is 0 Å². The van der Waals surface area contributed by atoms with E-state index in [1.54, 1.807) is 24.3 Å². The Morgan fingerprint density at radius 3 is 2.38 bits per heavy atom. The van der Waals surface area contributed by atoms with Crippen molar-refractivity contribution in [2.75, 3.05) is 18.1 Å². The Labute approximate surface area is 120 Å². The number of hydrogen-bond acceptors (Lipinski definition) is 2. The lowest BCUT2D eigenvalue weighted by atomic mass is 9.95. The van der Waals surface area contributed by atoms with Crippen molar-refractivity contribution < 1.29 is 18.3 Å². The summed E-state index contributed by atoms with van der Waals surface area (Å²) in [5.41, 5.74) is -0.307. The van der Waals surface area contributed by atoms with Gasteiger partial charge in [-0.25, -0.2) is 13.6 Å². The van der Waals surface area contributed by atoms with E-state index in [0.29, 0.717) is 11.3 Å². The quantitative estimate of drug-likeness (QED) is 0.863. The Hall–Kier alpha value is -2.43. The van der Waals surface area contributed by atoms with Crippen LogP contribution in [0.1, 0.15) is 5.56 Å². The average Bonchev–Trinajstić information content (AvgIpc) is 2.87. The number of benzene rings is 2. The van der Waals surface area contributed by atoms with E-state index < -0.39 is 24.2 Å². The van der Waals surface area contributed by atoms with Gasteiger partial charge < -0.3 is 4.74 Å². The molecule has 0 bridgehead atoms. The highest BCUT2D eigenvalue weighted by molar-refractivity contribution is 5.90. The summed E-state index contributed by atoms with van der Waals surface area (Å²) in [6.45, 7) is -0.814. The van der Waals surface area contributed by atoms with Crippen LogP contribution in [-0.4, -0.2) is 19.3 Å². The zero-order chi connectivity index (χ0) is 14.9. The highest BCUT2D eigenvalue weighted by atomic mass is 19.1. The van der Waals surface area contributed by atoms with Crippen molar-refractivity contribution in [1.29, 1.82) is 0 Å². The number of cyclic esters (lactones) is 1. The fourth-order valence-electron chi connectivity index (χ4n) is 2.43. The van der Waals surface area contributed by atoms with Gasteiger partial charge in [0, 0.05) is 11.3 Å². The van der Waals surface area contributed by atoms with Gasteiger partial charge in [-0.1, -0.05) is 30.3 Å². The van der Waals surface area contributed by atoms with Crippen LogP contribution >= 0.6 is 0 Å². The Morgan fingerprint density at radius 2 is 1.76 bits per heavy atom. The fourth-order valence-corrected chi connectivity index (χ4v) is 2.43. The number of alkyl halides is 1. The SMILES string of the molecule is O=C1OC(CF)(c2ccc(F)cc2)CN1c1ccccc1. The first-order valence-electron chi connectivity index (χ1n) is 6.52. The average molecular weight is 289 g/mol. The van der Waals surface area contributed by atoms with Gasteiger partial charge in [0.05, 0.1) is 6.54 Å². The molecule has 2 aromatic carbocycles. The van der Waals surface area contributed by atoms with Crippen molar-refractivity contribution in [1.82, 2.24) is 0 Å². The van der Waals surface area contributed by atoms with E-state index in [0.717, 1.165) is 0 Å². The molecular weight excluding hydrogens is 276 g/mol. The summed E-state index contributed by atoms with van der Waals surface area (Å²) in [7, 11) is 0. The maximum absolute atomic E-state index is 13.6. The minimum Gasteiger partial charge on any atom is -0.433 e. The van der Waals surface area contributed by atoms with Crippen LogP contribution in [0.15, 0.2) is 54.6 Å². The zero-order valence-electron chi connectivity index (χ0n) is 11.1. The molecule has 3 rings (SSSR count). The highest BCUT2D eigenvalue weighted by Crippen LogP contribution is 2.36. The van der Waals surface area contributed by atoms with Crippen LogP contribution in [0.5, 0.6) is 0 Å². The summed E-state index contributed by atoms with van der Waals surface area (Å²) in [5, 5.41) is 0. The van der Waals surface area contributed by atoms with E-state index in [2.05, 4.69) is 0 Å². The molecule has 1 fully saturated rings. The predicted octanol–water partition coefficient (Wildman–Crippen LogP) is 3.65. The van der Waals surface area contributed by atoms with Crippen LogP contribution in [0.25, 0.3) is 0 Å². The van der Waals surface area contributed by atoms with Crippen LogP contribution in [0, 0.1) is 5.82 Å². The van der Waals surface area contributed by atoms with Crippen molar-refractivity contribution >= 4 is 11.8 Å². The van der Waals surface area contributed by atoms with Crippen LogP contribution in [-0.2, 0) is 10.3 Å². The summed E-state index contributed by atoms with van der Waals surface area (Å²) in [5.74, 6) is -0.419. The Kier molecular flexibility index (Phi) is 3.33. The molecular formula is C16H13F2NO2. The Bertz CT molecular complexity index is 645. The summed E-state index contributed by atoms with van der Waals surface area (Å²) in [6, 6.07) is 14.2. The third-order valence-corrected chi connectivity index (χ3v) is 3.57. The van der Waals surface area contributed by atoms with Crippen molar-refractivity contribution in [2.45, 2.75) is 5.60 Å². The first kappa shape index (κ1) is 13.5. The molecule has 1 aliphatic heterocycles. The van der Waals surface area contributed by atoms with Gasteiger partial charge in [-0.2, -0.15) is 0 Å². The number of hydrogen-bond donors (Lipinski definition) is 0. The molecule has 108 valence electrons. The molecule has 0 aliphatic carbocycles. The van der Waals surface area contributed by atoms with E-state index in [1.807, 2.05) is 6.07 Å². The highest BCUT2D eigenvalue weighted by Gasteiger charge is 2.47. The molecule has 0 radical (unpaired) electrons. The molecule has 1 amide bonds. The molecule has 1 aliphatic rings. The van der Waals surface area contributed by atoms with Crippen molar-refractivity contribution in [3.8, 4) is 0 Å². The largest absolute Gasteiger partial charge is 0.433 e. The van der Waals surface area contributed by atoms with Crippen molar-refractivity contribution in [3.63, 3.8) is 0 Å². The summed E-state index contributed by atoms with van der Waals surface area (Å²) < 4.78 is 31.9. The monoisotopic (exact) mass is 289 g/mol. The van der Waals surface area contributed by atoms with Crippen molar-refractivity contribution in [3.05, 3.63) is 66.0 Å². The molecule has 5 heteroatoms. The van der Waals surface area contributed by atoms with Gasteiger partial charge in [0.15, 0.2) is 5.60 Å². The van der Waals surface area contributed by atoms with E-state index in [4.69, 9.17) is 4.74 Å². The number of rotatable bonds is 3.